The van der Waals surface area contributed by atoms with Gasteiger partial charge in [0.05, 0.1) is 6.61 Å². The topological polar surface area (TPSA) is 44.2 Å². The molecule has 41 heavy (non-hydrogen) atoms. The highest BCUT2D eigenvalue weighted by molar-refractivity contribution is 5.64. The van der Waals surface area contributed by atoms with Crippen molar-refractivity contribution in [2.24, 2.45) is 0 Å². The van der Waals surface area contributed by atoms with E-state index >= 15 is 0 Å². The first-order chi connectivity index (χ1) is 20.2. The lowest BCUT2D eigenvalue weighted by molar-refractivity contribution is 0.184. The molecular formula is C36H51FN2O2. The predicted molar refractivity (Wildman–Crippen MR) is 169 cm³/mol. The molecule has 0 fully saturated rings. The molecule has 3 rings (SSSR count). The van der Waals surface area contributed by atoms with Gasteiger partial charge < -0.3 is 9.47 Å². The van der Waals surface area contributed by atoms with E-state index in [9.17, 15) is 4.39 Å². The number of hydrogen-bond acceptors (Lipinski definition) is 4. The number of nitrogens with zero attached hydrogens (tertiary/aromatic N) is 2. The molecule has 2 aromatic carbocycles. The fourth-order valence-corrected chi connectivity index (χ4v) is 4.91. The molecule has 0 aliphatic heterocycles. The van der Waals surface area contributed by atoms with Gasteiger partial charge in [0, 0.05) is 23.5 Å². The summed E-state index contributed by atoms with van der Waals surface area (Å²) < 4.78 is 25.8. The first-order valence-corrected chi connectivity index (χ1v) is 16.1. The molecule has 3 aromatic rings. The van der Waals surface area contributed by atoms with Crippen molar-refractivity contribution in [2.45, 2.75) is 116 Å². The highest BCUT2D eigenvalue weighted by atomic mass is 19.1. The zero-order chi connectivity index (χ0) is 29.0. The van der Waals surface area contributed by atoms with Crippen molar-refractivity contribution in [3.8, 4) is 34.0 Å². The van der Waals surface area contributed by atoms with Crippen LogP contribution in [0.15, 0.2) is 60.9 Å². The maximum atomic E-state index is 14.2. The Kier molecular flexibility index (Phi) is 15.9. The van der Waals surface area contributed by atoms with Crippen LogP contribution in [0.25, 0.3) is 22.5 Å². The molecule has 1 unspecified atom stereocenters. The van der Waals surface area contributed by atoms with Crippen molar-refractivity contribution < 1.29 is 13.9 Å². The predicted octanol–water partition coefficient (Wildman–Crippen LogP) is 10.8. The first-order valence-electron chi connectivity index (χ1n) is 16.1. The second-order valence-corrected chi connectivity index (χ2v) is 11.1. The summed E-state index contributed by atoms with van der Waals surface area (Å²) in [5.41, 5.74) is 2.89. The Bertz CT molecular complexity index is 1050. The third-order valence-electron chi connectivity index (χ3n) is 7.52. The van der Waals surface area contributed by atoms with Crippen molar-refractivity contribution in [2.75, 3.05) is 13.2 Å². The molecule has 0 N–H and O–H groups in total. The van der Waals surface area contributed by atoms with Crippen LogP contribution in [0.4, 0.5) is 4.39 Å². The van der Waals surface area contributed by atoms with Crippen LogP contribution in [0.5, 0.6) is 11.5 Å². The van der Waals surface area contributed by atoms with Crippen LogP contribution >= 0.6 is 0 Å². The molecule has 0 radical (unpaired) electrons. The third kappa shape index (κ3) is 13.1. The minimum absolute atomic E-state index is 0.107. The highest BCUT2D eigenvalue weighted by Gasteiger charge is 2.09. The Labute approximate surface area is 248 Å². The van der Waals surface area contributed by atoms with Gasteiger partial charge >= 0.3 is 0 Å². The normalized spacial score (nSPS) is 11.9. The second-order valence-electron chi connectivity index (χ2n) is 11.1. The lowest BCUT2D eigenvalue weighted by Crippen LogP contribution is -2.12. The maximum absolute atomic E-state index is 14.2. The van der Waals surface area contributed by atoms with Gasteiger partial charge in [0.2, 0.25) is 0 Å². The Morgan fingerprint density at radius 3 is 1.63 bits per heavy atom. The lowest BCUT2D eigenvalue weighted by Gasteiger charge is -2.11. The molecule has 0 bridgehead atoms. The van der Waals surface area contributed by atoms with Crippen LogP contribution in [0.3, 0.4) is 0 Å². The average Bonchev–Trinajstić information content (AvgIpc) is 3.01. The van der Waals surface area contributed by atoms with Gasteiger partial charge in [0.1, 0.15) is 24.3 Å². The first kappa shape index (κ1) is 32.6. The highest BCUT2D eigenvalue weighted by Crippen LogP contribution is 2.25. The van der Waals surface area contributed by atoms with Crippen molar-refractivity contribution in [3.63, 3.8) is 0 Å². The van der Waals surface area contributed by atoms with Gasteiger partial charge in [0.15, 0.2) is 5.82 Å². The van der Waals surface area contributed by atoms with E-state index in [1.54, 1.807) is 0 Å². The molecule has 0 aliphatic rings. The van der Waals surface area contributed by atoms with Gasteiger partial charge in [-0.3, -0.25) is 0 Å². The number of alkyl halides is 1. The quantitative estimate of drug-likeness (QED) is 0.114. The number of rotatable bonds is 22. The third-order valence-corrected chi connectivity index (χ3v) is 7.52. The molecule has 0 amide bonds. The zero-order valence-corrected chi connectivity index (χ0v) is 25.5. The van der Waals surface area contributed by atoms with E-state index in [2.05, 4.69) is 23.8 Å². The lowest BCUT2D eigenvalue weighted by atomic mass is 10.1. The van der Waals surface area contributed by atoms with E-state index in [4.69, 9.17) is 9.47 Å². The zero-order valence-electron chi connectivity index (χ0n) is 25.5. The molecule has 1 atom stereocenters. The van der Waals surface area contributed by atoms with E-state index in [1.165, 1.54) is 70.6 Å². The maximum Gasteiger partial charge on any atom is 0.159 e. The number of unbranched alkanes of at least 4 members (excludes halogenated alkanes) is 12. The van der Waals surface area contributed by atoms with Crippen molar-refractivity contribution in [3.05, 3.63) is 60.9 Å². The van der Waals surface area contributed by atoms with Crippen LogP contribution in [0.1, 0.15) is 110 Å². The molecule has 0 aliphatic carbocycles. The summed E-state index contributed by atoms with van der Waals surface area (Å²) in [5.74, 6) is 2.25. The molecule has 5 heteroatoms. The summed E-state index contributed by atoms with van der Waals surface area (Å²) in [6, 6.07) is 15.7. The standard InChI is InChI=1S/C36H51FN2O2/c1-3-5-7-9-11-13-15-17-33(37)29-41-35-22-18-30(19-23-35)32-27-38-36(39-28-32)31-20-24-34(25-21-31)40-26-16-14-12-10-8-6-4-2/h18-25,27-28,33H,3-17,26,29H2,1-2H3. The van der Waals surface area contributed by atoms with Crippen LogP contribution in [0.2, 0.25) is 0 Å². The SMILES string of the molecule is CCCCCCCCCOc1ccc(-c2ncc(-c3ccc(OCC(F)CCCCCCCCC)cc3)cn2)cc1. The van der Waals surface area contributed by atoms with E-state index < -0.39 is 6.17 Å². The summed E-state index contributed by atoms with van der Waals surface area (Å²) in [6.07, 6.45) is 20.7. The number of benzene rings is 2. The minimum Gasteiger partial charge on any atom is -0.494 e. The van der Waals surface area contributed by atoms with Crippen LogP contribution in [-0.2, 0) is 0 Å². The summed E-state index contributed by atoms with van der Waals surface area (Å²) in [7, 11) is 0. The molecular weight excluding hydrogens is 511 g/mol. The smallest absolute Gasteiger partial charge is 0.159 e. The minimum atomic E-state index is -0.919. The molecule has 224 valence electrons. The van der Waals surface area contributed by atoms with E-state index in [1.807, 2.05) is 60.9 Å². The summed E-state index contributed by atoms with van der Waals surface area (Å²) in [5, 5.41) is 0. The molecule has 0 saturated carbocycles. The van der Waals surface area contributed by atoms with Gasteiger partial charge in [-0.2, -0.15) is 0 Å². The Morgan fingerprint density at radius 2 is 1.05 bits per heavy atom. The number of hydrogen-bond donors (Lipinski definition) is 0. The number of aromatic nitrogens is 2. The molecule has 0 spiro atoms. The van der Waals surface area contributed by atoms with Crippen molar-refractivity contribution >= 4 is 0 Å². The van der Waals surface area contributed by atoms with Crippen molar-refractivity contribution in [1.29, 1.82) is 0 Å². The monoisotopic (exact) mass is 562 g/mol. The Hall–Kier alpha value is -2.95. The van der Waals surface area contributed by atoms with E-state index in [0.29, 0.717) is 18.0 Å². The van der Waals surface area contributed by atoms with Gasteiger partial charge in [-0.1, -0.05) is 109 Å². The van der Waals surface area contributed by atoms with E-state index in [0.717, 1.165) is 48.3 Å². The van der Waals surface area contributed by atoms with Gasteiger partial charge in [0.25, 0.3) is 0 Å². The van der Waals surface area contributed by atoms with Crippen LogP contribution < -0.4 is 9.47 Å². The Morgan fingerprint density at radius 1 is 0.561 bits per heavy atom. The van der Waals surface area contributed by atoms with Crippen LogP contribution in [0, 0.1) is 0 Å². The summed E-state index contributed by atoms with van der Waals surface area (Å²) >= 11 is 0. The van der Waals surface area contributed by atoms with Crippen molar-refractivity contribution in [1.82, 2.24) is 9.97 Å². The van der Waals surface area contributed by atoms with Crippen LogP contribution in [-0.4, -0.2) is 29.4 Å². The molecule has 1 aromatic heterocycles. The summed E-state index contributed by atoms with van der Waals surface area (Å²) in [6.45, 7) is 5.34. The molecule has 4 nitrogen and oxygen atoms in total. The number of halogens is 1. The number of ether oxygens (including phenoxy) is 2. The summed E-state index contributed by atoms with van der Waals surface area (Å²) in [4.78, 5) is 9.15. The van der Waals surface area contributed by atoms with Gasteiger partial charge in [-0.15, -0.1) is 0 Å². The molecule has 0 saturated heterocycles. The fraction of sp³-hybridized carbons (Fsp3) is 0.556. The van der Waals surface area contributed by atoms with Gasteiger partial charge in [-0.25, -0.2) is 14.4 Å². The average molecular weight is 563 g/mol. The fourth-order valence-electron chi connectivity index (χ4n) is 4.91. The van der Waals surface area contributed by atoms with E-state index in [-0.39, 0.29) is 6.61 Å². The largest absolute Gasteiger partial charge is 0.494 e. The molecule has 1 heterocycles. The second kappa shape index (κ2) is 20.0. The Balaban J connectivity index is 1.36. The van der Waals surface area contributed by atoms with Gasteiger partial charge in [-0.05, 0) is 54.8 Å².